The average Bonchev–Trinajstić information content (AvgIpc) is 3.31. The van der Waals surface area contributed by atoms with Gasteiger partial charge in [0.15, 0.2) is 0 Å². The van der Waals surface area contributed by atoms with Crippen molar-refractivity contribution in [2.24, 2.45) is 0 Å². The molecule has 1 aromatic carbocycles. The summed E-state index contributed by atoms with van der Waals surface area (Å²) in [4.78, 5) is 9.79. The zero-order valence-corrected chi connectivity index (χ0v) is 16.8. The topological polar surface area (TPSA) is 117 Å². The second kappa shape index (κ2) is 65.1. The molecule has 2 rings (SSSR count). The molecule has 0 unspecified atom stereocenters. The van der Waals surface area contributed by atoms with E-state index in [0.717, 1.165) is 5.56 Å². The van der Waals surface area contributed by atoms with Gasteiger partial charge in [0.1, 0.15) is 0 Å². The molecule has 137 valence electrons. The van der Waals surface area contributed by atoms with Crippen LogP contribution in [0.3, 0.4) is 0 Å². The van der Waals surface area contributed by atoms with Crippen LogP contribution < -0.4 is 0 Å². The van der Waals surface area contributed by atoms with E-state index in [1.54, 1.807) is 6.29 Å². The largest absolute Gasteiger partial charge is 0.0312 e. The molecule has 1 aromatic rings. The van der Waals surface area contributed by atoms with E-state index < -0.39 is 0 Å². The summed E-state index contributed by atoms with van der Waals surface area (Å²) in [6.07, 6.45) is 13.1. The van der Waals surface area contributed by atoms with Gasteiger partial charge in [-0.1, -0.05) is 12.4 Å². The van der Waals surface area contributed by atoms with E-state index in [1.807, 2.05) is 62.4 Å². The first-order valence-corrected chi connectivity index (χ1v) is 5.38. The molecule has 1 fully saturated rings. The molecule has 0 aromatic heterocycles. The van der Waals surface area contributed by atoms with Crippen molar-refractivity contribution in [3.05, 3.63) is 108 Å². The van der Waals surface area contributed by atoms with Crippen LogP contribution in [0.2, 0.25) is 0 Å². The van der Waals surface area contributed by atoms with Crippen molar-refractivity contribution < 1.29 is 65.3 Å². The second-order valence-electron chi connectivity index (χ2n) is 2.64. The Bertz CT molecular complexity index is 394. The zero-order valence-electron chi connectivity index (χ0n) is 13.0. The summed E-state index contributed by atoms with van der Waals surface area (Å²) in [5.41, 5.74) is 0.896. The summed E-state index contributed by atoms with van der Waals surface area (Å²) >= 11 is 0. The Hall–Kier alpha value is -1.37. The molecule has 0 heterocycles. The van der Waals surface area contributed by atoms with E-state index in [4.69, 9.17) is 23.3 Å². The molecule has 1 aliphatic carbocycles. The summed E-state index contributed by atoms with van der Waals surface area (Å²) in [6.45, 7) is 22.5. The second-order valence-corrected chi connectivity index (χ2v) is 2.64. The third-order valence-electron chi connectivity index (χ3n) is 1.58. The van der Waals surface area contributed by atoms with Crippen LogP contribution in [0.1, 0.15) is 5.56 Å². The van der Waals surface area contributed by atoms with Gasteiger partial charge in [0, 0.05) is 37.2 Å². The number of hydrogen-bond donors (Lipinski definition) is 0. The molecule has 0 saturated heterocycles. The van der Waals surface area contributed by atoms with Crippen LogP contribution in [0.4, 0.5) is 0 Å². The van der Waals surface area contributed by atoms with Crippen LogP contribution in [-0.2, 0) is 65.3 Å². The number of benzene rings is 1. The Kier molecular flexibility index (Phi) is 111. The minimum atomic E-state index is 0. The first-order valence-electron chi connectivity index (χ1n) is 5.38. The molecule has 1 saturated carbocycles. The van der Waals surface area contributed by atoms with E-state index in [1.165, 1.54) is 6.42 Å². The first-order chi connectivity index (χ1) is 11.9. The van der Waals surface area contributed by atoms with Crippen molar-refractivity contribution in [1.29, 1.82) is 0 Å². The van der Waals surface area contributed by atoms with Crippen molar-refractivity contribution in [3.63, 3.8) is 0 Å². The first kappa shape index (κ1) is 44.2. The fourth-order valence-corrected chi connectivity index (χ4v) is 0.938. The Morgan fingerprint density at radius 1 is 0.654 bits per heavy atom. The van der Waals surface area contributed by atoms with Gasteiger partial charge in [-0.05, 0) is 32.1 Å². The van der Waals surface area contributed by atoms with Gasteiger partial charge in [-0.2, -0.15) is 0 Å². The van der Waals surface area contributed by atoms with Crippen LogP contribution in [0.5, 0.6) is 0 Å². The van der Waals surface area contributed by atoms with Gasteiger partial charge in [0.05, 0.1) is 0 Å². The maximum absolute atomic E-state index is 9.79. The molecule has 0 atom stereocenters. The molecule has 26 heavy (non-hydrogen) atoms. The third kappa shape index (κ3) is 49.5. The number of rotatable bonds is 2. The van der Waals surface area contributed by atoms with Gasteiger partial charge in [0.2, 0.25) is 0 Å². The van der Waals surface area contributed by atoms with Crippen molar-refractivity contribution in [3.8, 4) is 0 Å². The van der Waals surface area contributed by atoms with Crippen molar-refractivity contribution in [1.82, 2.24) is 0 Å². The van der Waals surface area contributed by atoms with Crippen LogP contribution in [0, 0.1) is 71.8 Å². The van der Waals surface area contributed by atoms with Crippen LogP contribution in [0.15, 0.2) is 30.3 Å². The molecular weight excluding hydrogens is 557 g/mol. The fraction of sp³-hybridized carbons (Fsp3) is 0. The Morgan fingerprint density at radius 3 is 1.15 bits per heavy atom. The fourth-order valence-electron chi connectivity index (χ4n) is 0.938. The van der Waals surface area contributed by atoms with E-state index in [9.17, 15) is 4.79 Å². The molecule has 0 amide bonds. The minimum Gasteiger partial charge on any atom is -0.0312 e. The number of hydrogen-bond acceptors (Lipinski definition) is 1. The van der Waals surface area contributed by atoms with E-state index in [0.29, 0.717) is 0 Å². The molecule has 0 bridgehead atoms. The van der Waals surface area contributed by atoms with E-state index >= 15 is 0 Å². The smallest absolute Gasteiger partial charge is 0 e. The van der Waals surface area contributed by atoms with Crippen molar-refractivity contribution in [2.75, 3.05) is 0 Å². The van der Waals surface area contributed by atoms with Gasteiger partial charge in [-0.25, -0.2) is 12.1 Å². The zero-order chi connectivity index (χ0) is 20.1. The minimum absolute atomic E-state index is 0. The Morgan fingerprint density at radius 2 is 0.923 bits per heavy atom. The predicted octanol–water partition coefficient (Wildman–Crippen LogP) is 2.18. The summed E-state index contributed by atoms with van der Waals surface area (Å²) in [6, 6.07) is 9.37. The van der Waals surface area contributed by atoms with Gasteiger partial charge in [-0.15, -0.1) is 12.1 Å². The molecule has 8 heteroatoms. The van der Waals surface area contributed by atoms with Crippen LogP contribution in [0.25, 0.3) is 0 Å². The van der Waals surface area contributed by atoms with Crippen LogP contribution in [-0.4, -0.2) is 6.29 Å². The van der Waals surface area contributed by atoms with Gasteiger partial charge < -0.3 is 10.4 Å². The molecule has 0 N–H and O–H groups in total. The SMILES string of the molecule is O=[C-][CH-]c1ccccc1.[C-]#[O+].[C-]#[O+].[C-]#[O+].[C-]#[O+].[C-]#[O+].[CH]1[CH][CH][CH][CH]1.[Co].[Re]. The van der Waals surface area contributed by atoms with Crippen molar-refractivity contribution in [2.45, 2.75) is 0 Å². The maximum atomic E-state index is 9.79. The van der Waals surface area contributed by atoms with Gasteiger partial charge >= 0.3 is 56.5 Å². The maximum Gasteiger partial charge on any atom is 0 e. The normalized spacial score (nSPS) is 7.92. The standard InChI is InChI=1S/C8H6O.C5H5.5CO.Co.Re/c9-7-6-8-4-2-1-3-5-8;1-2-4-5-3-1;5*1-2;;/h1-6H;1-5H;;;;;;;/q-2;;;;;;;;. The van der Waals surface area contributed by atoms with Crippen LogP contribution >= 0.6 is 0 Å². The molecule has 1 aliphatic rings. The summed E-state index contributed by atoms with van der Waals surface area (Å²) < 4.78 is 37.5. The van der Waals surface area contributed by atoms with Gasteiger partial charge in [0.25, 0.3) is 0 Å². The summed E-state index contributed by atoms with van der Waals surface area (Å²) in [5, 5.41) is 0. The summed E-state index contributed by atoms with van der Waals surface area (Å²) in [5.74, 6) is 0. The molecule has 0 aliphatic heterocycles. The molecule has 0 spiro atoms. The Balaban J connectivity index is -0.0000000371. The third-order valence-corrected chi connectivity index (χ3v) is 1.58. The molecular formula is C18H11CoO6Re-2. The molecule has 7 radical (unpaired) electrons. The van der Waals surface area contributed by atoms with E-state index in [-0.39, 0.29) is 37.2 Å². The Labute approximate surface area is 179 Å². The number of carbonyl (C=O) groups excluding carboxylic acids is 1. The summed E-state index contributed by atoms with van der Waals surface area (Å²) in [7, 11) is 0. The molecule has 6 nitrogen and oxygen atoms in total. The quantitative estimate of drug-likeness (QED) is 0.395. The average molecular weight is 568 g/mol. The van der Waals surface area contributed by atoms with Gasteiger partial charge in [-0.3, -0.25) is 6.42 Å². The van der Waals surface area contributed by atoms with E-state index in [2.05, 4.69) is 33.3 Å². The monoisotopic (exact) mass is 569 g/mol. The predicted molar refractivity (Wildman–Crippen MR) is 76.7 cm³/mol. The van der Waals surface area contributed by atoms with Crippen molar-refractivity contribution >= 4 is 6.29 Å².